The van der Waals surface area contributed by atoms with Crippen LogP contribution < -0.4 is 15.8 Å². The van der Waals surface area contributed by atoms with Gasteiger partial charge in [-0.15, -0.1) is 0 Å². The van der Waals surface area contributed by atoms with Gasteiger partial charge in [-0.2, -0.15) is 13.2 Å². The van der Waals surface area contributed by atoms with Crippen molar-refractivity contribution in [3.63, 3.8) is 0 Å². The van der Waals surface area contributed by atoms with E-state index in [-0.39, 0.29) is 17.0 Å². The van der Waals surface area contributed by atoms with Crippen molar-refractivity contribution in [2.45, 2.75) is 18.1 Å². The maximum Gasteiger partial charge on any atom is 0.416 e. The lowest BCUT2D eigenvalue weighted by Gasteiger charge is -2.35. The van der Waals surface area contributed by atoms with E-state index < -0.39 is 33.3 Å². The molecule has 2 amide bonds. The summed E-state index contributed by atoms with van der Waals surface area (Å²) in [5.74, 6) is 0. The first-order valence-electron chi connectivity index (χ1n) is 8.83. The number of sulfonamides is 1. The Morgan fingerprint density at radius 1 is 1.06 bits per heavy atom. The van der Waals surface area contributed by atoms with E-state index in [2.05, 4.69) is 10.6 Å². The average molecular weight is 472 g/mol. The van der Waals surface area contributed by atoms with Crippen molar-refractivity contribution in [3.8, 4) is 0 Å². The molecule has 0 fully saturated rings. The molecule has 0 spiro atoms. The fourth-order valence-electron chi connectivity index (χ4n) is 3.12. The van der Waals surface area contributed by atoms with E-state index in [9.17, 15) is 26.4 Å². The summed E-state index contributed by atoms with van der Waals surface area (Å²) in [5, 5.41) is 10.9. The number of amides is 2. The van der Waals surface area contributed by atoms with E-state index in [1.165, 1.54) is 12.2 Å². The third-order valence-electron chi connectivity index (χ3n) is 4.65. The van der Waals surface area contributed by atoms with Gasteiger partial charge in [-0.25, -0.2) is 18.4 Å². The highest BCUT2D eigenvalue weighted by molar-refractivity contribution is 7.93. The molecule has 6 nitrogen and oxygen atoms in total. The lowest BCUT2D eigenvalue weighted by molar-refractivity contribution is -0.137. The van der Waals surface area contributed by atoms with Gasteiger partial charge in [-0.05, 0) is 48.0 Å². The number of hydrogen-bond acceptors (Lipinski definition) is 3. The Bertz CT molecular complexity index is 1140. The minimum atomic E-state index is -4.50. The van der Waals surface area contributed by atoms with Crippen LogP contribution in [-0.2, 0) is 21.7 Å². The average Bonchev–Trinajstić information content (AvgIpc) is 2.67. The first-order chi connectivity index (χ1) is 14.4. The summed E-state index contributed by atoms with van der Waals surface area (Å²) in [6.45, 7) is 0. The number of allylic oxidation sites excluding steroid dienone is 2. The normalized spacial score (nSPS) is 18.9. The fourth-order valence-corrected chi connectivity index (χ4v) is 3.94. The molecule has 31 heavy (non-hydrogen) atoms. The van der Waals surface area contributed by atoms with Crippen molar-refractivity contribution >= 4 is 33.3 Å². The molecule has 1 aliphatic carbocycles. The van der Waals surface area contributed by atoms with Crippen LogP contribution in [0.4, 0.5) is 23.7 Å². The second-order valence-corrected chi connectivity index (χ2v) is 8.90. The molecule has 0 aromatic heterocycles. The number of alkyl halides is 3. The van der Waals surface area contributed by atoms with Gasteiger partial charge in [0.25, 0.3) is 0 Å². The van der Waals surface area contributed by atoms with Crippen molar-refractivity contribution in [2.75, 3.05) is 5.32 Å². The topological polar surface area (TPSA) is 101 Å². The molecule has 164 valence electrons. The van der Waals surface area contributed by atoms with Gasteiger partial charge in [0.05, 0.1) is 16.0 Å². The van der Waals surface area contributed by atoms with Crippen LogP contribution in [0.1, 0.15) is 17.5 Å². The monoisotopic (exact) mass is 471 g/mol. The van der Waals surface area contributed by atoms with Crippen LogP contribution in [0, 0.1) is 0 Å². The molecule has 0 saturated carbocycles. The van der Waals surface area contributed by atoms with Gasteiger partial charge >= 0.3 is 12.2 Å². The molecule has 2 aromatic carbocycles. The number of urea groups is 1. The Hall–Kier alpha value is -2.82. The molecular formula is C20H17ClF3N3O3S. The lowest BCUT2D eigenvalue weighted by atomic mass is 9.84. The van der Waals surface area contributed by atoms with Crippen molar-refractivity contribution in [3.05, 3.63) is 87.8 Å². The summed E-state index contributed by atoms with van der Waals surface area (Å²) in [6.07, 6.45) is -0.278. The van der Waals surface area contributed by atoms with Crippen molar-refractivity contribution in [1.82, 2.24) is 5.32 Å². The Balaban J connectivity index is 1.87. The molecule has 0 saturated heterocycles. The first-order valence-corrected chi connectivity index (χ1v) is 10.8. The zero-order chi connectivity index (χ0) is 22.9. The number of hydrogen-bond donors (Lipinski definition) is 3. The van der Waals surface area contributed by atoms with E-state index in [0.717, 1.165) is 24.3 Å². The molecule has 0 radical (unpaired) electrons. The number of nitrogens with one attached hydrogen (secondary N) is 2. The molecule has 0 heterocycles. The van der Waals surface area contributed by atoms with Gasteiger partial charge in [0, 0.05) is 17.1 Å². The fraction of sp³-hybridized carbons (Fsp3) is 0.150. The summed E-state index contributed by atoms with van der Waals surface area (Å²) in [5.41, 5.74) is -1.48. The maximum atomic E-state index is 12.7. The molecule has 2 aromatic rings. The Morgan fingerprint density at radius 2 is 1.68 bits per heavy atom. The highest BCUT2D eigenvalue weighted by Gasteiger charge is 2.37. The third kappa shape index (κ3) is 5.46. The van der Waals surface area contributed by atoms with Crippen LogP contribution in [0.15, 0.2) is 71.7 Å². The molecule has 0 bridgehead atoms. The van der Waals surface area contributed by atoms with Gasteiger partial charge in [-0.3, -0.25) is 0 Å². The predicted octanol–water partition coefficient (Wildman–Crippen LogP) is 4.51. The number of carbonyl (C=O) groups excluding carboxylic acids is 1. The molecular weight excluding hydrogens is 455 g/mol. The summed E-state index contributed by atoms with van der Waals surface area (Å²) < 4.78 is 61.9. The largest absolute Gasteiger partial charge is 0.416 e. The minimum absolute atomic E-state index is 0.0974. The highest BCUT2D eigenvalue weighted by atomic mass is 35.5. The van der Waals surface area contributed by atoms with Crippen LogP contribution in [0.3, 0.4) is 0 Å². The molecule has 1 unspecified atom stereocenters. The predicted molar refractivity (Wildman–Crippen MR) is 112 cm³/mol. The van der Waals surface area contributed by atoms with E-state index in [0.29, 0.717) is 10.6 Å². The van der Waals surface area contributed by atoms with Gasteiger partial charge < -0.3 is 10.6 Å². The van der Waals surface area contributed by atoms with E-state index in [1.807, 2.05) is 0 Å². The summed E-state index contributed by atoms with van der Waals surface area (Å²) in [6, 6.07) is 9.56. The molecule has 11 heteroatoms. The molecule has 0 aliphatic heterocycles. The smallest absolute Gasteiger partial charge is 0.324 e. The van der Waals surface area contributed by atoms with Crippen LogP contribution in [0.25, 0.3) is 0 Å². The Kier molecular flexibility index (Phi) is 6.17. The minimum Gasteiger partial charge on any atom is -0.324 e. The molecule has 3 rings (SSSR count). The Morgan fingerprint density at radius 3 is 2.23 bits per heavy atom. The first kappa shape index (κ1) is 22.9. The maximum absolute atomic E-state index is 12.7. The third-order valence-corrected chi connectivity index (χ3v) is 5.91. The second kappa shape index (κ2) is 8.37. The van der Waals surface area contributed by atoms with Crippen molar-refractivity contribution in [2.24, 2.45) is 5.14 Å². The number of carbonyl (C=O) groups is 1. The zero-order valence-electron chi connectivity index (χ0n) is 15.8. The van der Waals surface area contributed by atoms with Gasteiger partial charge in [0.1, 0.15) is 0 Å². The van der Waals surface area contributed by atoms with Crippen LogP contribution in [0.2, 0.25) is 5.02 Å². The van der Waals surface area contributed by atoms with E-state index >= 15 is 0 Å². The molecule has 1 aliphatic rings. The van der Waals surface area contributed by atoms with E-state index in [4.69, 9.17) is 16.7 Å². The summed E-state index contributed by atoms with van der Waals surface area (Å²) >= 11 is 5.93. The van der Waals surface area contributed by atoms with Crippen molar-refractivity contribution < 1.29 is 26.4 Å². The van der Waals surface area contributed by atoms with Crippen LogP contribution in [-0.4, -0.2) is 14.4 Å². The van der Waals surface area contributed by atoms with Crippen molar-refractivity contribution in [1.29, 1.82) is 0 Å². The highest BCUT2D eigenvalue weighted by Crippen LogP contribution is 2.35. The van der Waals surface area contributed by atoms with Gasteiger partial charge in [-0.1, -0.05) is 35.9 Å². The summed E-state index contributed by atoms with van der Waals surface area (Å²) in [4.78, 5) is 12.6. The standard InChI is InChI=1S/C20H17ClF3N3O3S/c21-15-7-3-13(4-8-15)19(11-1-2-17(12-19)31(25,29)30)27-18(28)26-16-9-5-14(6-10-16)20(22,23)24/h1-11H,12H2,(H2,25,29,30)(H2,26,27,28). The number of nitrogens with two attached hydrogens (primary N) is 1. The second-order valence-electron chi connectivity index (χ2n) is 6.85. The van der Waals surface area contributed by atoms with E-state index in [1.54, 1.807) is 30.3 Å². The number of halogens is 4. The SMILES string of the molecule is NS(=O)(=O)C1=CC=CC(NC(=O)Nc2ccc(C(F)(F)F)cc2)(c2ccc(Cl)cc2)C1. The number of rotatable bonds is 4. The number of anilines is 1. The van der Waals surface area contributed by atoms with Gasteiger partial charge in [0.2, 0.25) is 10.0 Å². The number of primary sulfonamides is 1. The zero-order valence-corrected chi connectivity index (χ0v) is 17.4. The molecule has 1 atom stereocenters. The quantitative estimate of drug-likeness (QED) is 0.611. The molecule has 4 N–H and O–H groups in total. The Labute approximate surface area is 181 Å². The lowest BCUT2D eigenvalue weighted by Crippen LogP contribution is -2.48. The summed E-state index contributed by atoms with van der Waals surface area (Å²) in [7, 11) is -4.02. The number of benzene rings is 2. The van der Waals surface area contributed by atoms with Crippen LogP contribution in [0.5, 0.6) is 0 Å². The van der Waals surface area contributed by atoms with Gasteiger partial charge in [0.15, 0.2) is 0 Å². The van der Waals surface area contributed by atoms with Crippen LogP contribution >= 0.6 is 11.6 Å².